The van der Waals surface area contributed by atoms with Gasteiger partial charge in [0.25, 0.3) is 0 Å². The van der Waals surface area contributed by atoms with Crippen molar-refractivity contribution in [3.05, 3.63) is 0 Å². The van der Waals surface area contributed by atoms with Gasteiger partial charge in [-0.05, 0) is 33.7 Å². The number of nitrogens with one attached hydrogen (secondary N) is 1. The first kappa shape index (κ1) is 17.3. The zero-order chi connectivity index (χ0) is 15.4. The van der Waals surface area contributed by atoms with E-state index in [0.29, 0.717) is 0 Å². The molecule has 0 radical (unpaired) electrons. The summed E-state index contributed by atoms with van der Waals surface area (Å²) in [5.41, 5.74) is -0.325. The normalized spacial score (nSPS) is 19.1. The van der Waals surface area contributed by atoms with E-state index in [0.717, 1.165) is 37.0 Å². The van der Waals surface area contributed by atoms with Crippen LogP contribution in [0, 0.1) is 0 Å². The van der Waals surface area contributed by atoms with Crippen LogP contribution in [-0.4, -0.2) is 42.2 Å². The third kappa shape index (κ3) is 4.96. The van der Waals surface area contributed by atoms with E-state index in [-0.39, 0.29) is 12.0 Å². The summed E-state index contributed by atoms with van der Waals surface area (Å²) in [6, 6.07) is -0.443. The molecule has 1 rings (SSSR count). The molecule has 0 aromatic carbocycles. The Labute approximate surface area is 118 Å². The van der Waals surface area contributed by atoms with Crippen molar-refractivity contribution in [3.8, 4) is 0 Å². The van der Waals surface area contributed by atoms with Crippen molar-refractivity contribution >= 4 is 5.91 Å². The summed E-state index contributed by atoms with van der Waals surface area (Å²) in [6.07, 6.45) is 0.690. The molecule has 1 aliphatic rings. The number of halogens is 3. The summed E-state index contributed by atoms with van der Waals surface area (Å²) >= 11 is 0. The predicted octanol–water partition coefficient (Wildman–Crippen LogP) is 3.10. The van der Waals surface area contributed by atoms with Gasteiger partial charge in [0.2, 0.25) is 5.91 Å². The number of nitrogens with zero attached hydrogens (tertiary/aromatic N) is 1. The van der Waals surface area contributed by atoms with E-state index < -0.39 is 24.7 Å². The van der Waals surface area contributed by atoms with Crippen LogP contribution in [0.4, 0.5) is 13.2 Å². The van der Waals surface area contributed by atoms with Crippen molar-refractivity contribution in [3.63, 3.8) is 0 Å². The standard InChI is InChI=1S/C14H25F3N2O/c1-11(2)19(10-14(15,16)17)12(20)9-13(18-3)7-5-4-6-8-13/h11,18H,4-10H2,1-3H3. The Hall–Kier alpha value is -0.780. The topological polar surface area (TPSA) is 32.3 Å². The van der Waals surface area contributed by atoms with E-state index in [2.05, 4.69) is 5.32 Å². The van der Waals surface area contributed by atoms with E-state index in [1.54, 1.807) is 20.9 Å². The monoisotopic (exact) mass is 294 g/mol. The van der Waals surface area contributed by atoms with Gasteiger partial charge in [-0.1, -0.05) is 19.3 Å². The molecule has 0 saturated heterocycles. The number of amides is 1. The molecule has 0 spiro atoms. The van der Waals surface area contributed by atoms with E-state index in [1.165, 1.54) is 0 Å². The molecule has 0 unspecified atom stereocenters. The molecule has 20 heavy (non-hydrogen) atoms. The summed E-state index contributed by atoms with van der Waals surface area (Å²) < 4.78 is 37.7. The molecule has 0 heterocycles. The number of carbonyl (C=O) groups is 1. The SMILES string of the molecule is CNC1(CC(=O)N(CC(F)(F)F)C(C)C)CCCCC1. The van der Waals surface area contributed by atoms with Crippen LogP contribution >= 0.6 is 0 Å². The molecule has 0 aliphatic heterocycles. The van der Waals surface area contributed by atoms with Gasteiger partial charge in [0.05, 0.1) is 0 Å². The lowest BCUT2D eigenvalue weighted by molar-refractivity contribution is -0.165. The second kappa shape index (κ2) is 6.78. The van der Waals surface area contributed by atoms with Gasteiger partial charge in [-0.2, -0.15) is 13.2 Å². The average molecular weight is 294 g/mol. The van der Waals surface area contributed by atoms with E-state index in [9.17, 15) is 18.0 Å². The van der Waals surface area contributed by atoms with Crippen molar-refractivity contribution in [2.24, 2.45) is 0 Å². The lowest BCUT2D eigenvalue weighted by Crippen LogP contribution is -2.51. The fraction of sp³-hybridized carbons (Fsp3) is 0.929. The Morgan fingerprint density at radius 1 is 1.25 bits per heavy atom. The molecule has 0 bridgehead atoms. The van der Waals surface area contributed by atoms with Crippen LogP contribution in [0.15, 0.2) is 0 Å². The maximum absolute atomic E-state index is 12.6. The van der Waals surface area contributed by atoms with Crippen LogP contribution in [0.2, 0.25) is 0 Å². The highest BCUT2D eigenvalue weighted by Gasteiger charge is 2.38. The summed E-state index contributed by atoms with van der Waals surface area (Å²) in [6.45, 7) is 2.08. The van der Waals surface area contributed by atoms with Gasteiger partial charge in [0, 0.05) is 18.0 Å². The van der Waals surface area contributed by atoms with Crippen LogP contribution < -0.4 is 5.32 Å². The van der Waals surface area contributed by atoms with Gasteiger partial charge in [0.15, 0.2) is 0 Å². The number of alkyl halides is 3. The van der Waals surface area contributed by atoms with E-state index >= 15 is 0 Å². The highest BCUT2D eigenvalue weighted by Crippen LogP contribution is 2.32. The minimum atomic E-state index is -4.35. The third-order valence-corrected chi connectivity index (χ3v) is 4.12. The molecular formula is C14H25F3N2O. The molecule has 118 valence electrons. The fourth-order valence-corrected chi connectivity index (χ4v) is 2.89. The molecule has 1 N–H and O–H groups in total. The van der Waals surface area contributed by atoms with Crippen LogP contribution in [0.3, 0.4) is 0 Å². The minimum Gasteiger partial charge on any atom is -0.331 e. The highest BCUT2D eigenvalue weighted by molar-refractivity contribution is 5.77. The third-order valence-electron chi connectivity index (χ3n) is 4.12. The van der Waals surface area contributed by atoms with Crippen LogP contribution in [-0.2, 0) is 4.79 Å². The summed E-state index contributed by atoms with van der Waals surface area (Å²) in [7, 11) is 1.79. The number of hydrogen-bond donors (Lipinski definition) is 1. The summed E-state index contributed by atoms with van der Waals surface area (Å²) in [4.78, 5) is 13.2. The smallest absolute Gasteiger partial charge is 0.331 e. The van der Waals surface area contributed by atoms with Crippen LogP contribution in [0.1, 0.15) is 52.4 Å². The molecule has 3 nitrogen and oxygen atoms in total. The Morgan fingerprint density at radius 3 is 2.20 bits per heavy atom. The molecule has 1 amide bonds. The molecular weight excluding hydrogens is 269 g/mol. The molecule has 0 aromatic rings. The van der Waals surface area contributed by atoms with Gasteiger partial charge in [0.1, 0.15) is 6.54 Å². The molecule has 6 heteroatoms. The van der Waals surface area contributed by atoms with Crippen molar-refractivity contribution in [1.29, 1.82) is 0 Å². The summed E-state index contributed by atoms with van der Waals surface area (Å²) in [5, 5.41) is 3.18. The maximum Gasteiger partial charge on any atom is 0.406 e. The van der Waals surface area contributed by atoms with E-state index in [4.69, 9.17) is 0 Å². The predicted molar refractivity (Wildman–Crippen MR) is 72.4 cm³/mol. The molecule has 1 aliphatic carbocycles. The zero-order valence-corrected chi connectivity index (χ0v) is 12.5. The molecule has 1 saturated carbocycles. The Kier molecular flexibility index (Phi) is 5.86. The quantitative estimate of drug-likeness (QED) is 0.845. The first-order valence-corrected chi connectivity index (χ1v) is 7.24. The fourth-order valence-electron chi connectivity index (χ4n) is 2.89. The van der Waals surface area contributed by atoms with Crippen molar-refractivity contribution in [1.82, 2.24) is 10.2 Å². The number of hydrogen-bond acceptors (Lipinski definition) is 2. The zero-order valence-electron chi connectivity index (χ0n) is 12.5. The lowest BCUT2D eigenvalue weighted by atomic mass is 9.79. The molecule has 0 atom stereocenters. The average Bonchev–Trinajstić information content (AvgIpc) is 2.35. The first-order valence-electron chi connectivity index (χ1n) is 7.24. The van der Waals surface area contributed by atoms with Crippen molar-refractivity contribution < 1.29 is 18.0 Å². The Balaban J connectivity index is 2.74. The number of rotatable bonds is 5. The van der Waals surface area contributed by atoms with Crippen molar-refractivity contribution in [2.45, 2.75) is 70.1 Å². The van der Waals surface area contributed by atoms with Gasteiger partial charge in [-0.25, -0.2) is 0 Å². The Bertz CT molecular complexity index is 323. The maximum atomic E-state index is 12.6. The van der Waals surface area contributed by atoms with Gasteiger partial charge < -0.3 is 10.2 Å². The molecule has 1 fully saturated rings. The first-order chi connectivity index (χ1) is 9.19. The Morgan fingerprint density at radius 2 is 1.80 bits per heavy atom. The largest absolute Gasteiger partial charge is 0.406 e. The molecule has 0 aromatic heterocycles. The van der Waals surface area contributed by atoms with Crippen LogP contribution in [0.25, 0.3) is 0 Å². The number of carbonyl (C=O) groups excluding carboxylic acids is 1. The van der Waals surface area contributed by atoms with Gasteiger partial charge in [-0.3, -0.25) is 4.79 Å². The second-order valence-corrected chi connectivity index (χ2v) is 6.00. The lowest BCUT2D eigenvalue weighted by Gasteiger charge is -2.39. The van der Waals surface area contributed by atoms with Gasteiger partial charge in [-0.15, -0.1) is 0 Å². The van der Waals surface area contributed by atoms with Crippen LogP contribution in [0.5, 0.6) is 0 Å². The highest BCUT2D eigenvalue weighted by atomic mass is 19.4. The minimum absolute atomic E-state index is 0.151. The van der Waals surface area contributed by atoms with E-state index in [1.807, 2.05) is 0 Å². The second-order valence-electron chi connectivity index (χ2n) is 6.00. The summed E-state index contributed by atoms with van der Waals surface area (Å²) in [5.74, 6) is -0.409. The van der Waals surface area contributed by atoms with Gasteiger partial charge >= 0.3 is 6.18 Å². The van der Waals surface area contributed by atoms with Crippen molar-refractivity contribution in [2.75, 3.05) is 13.6 Å².